The van der Waals surface area contributed by atoms with E-state index >= 15 is 0 Å². The van der Waals surface area contributed by atoms with Crippen molar-refractivity contribution in [3.05, 3.63) is 29.8 Å². The fourth-order valence-electron chi connectivity index (χ4n) is 2.64. The van der Waals surface area contributed by atoms with Crippen LogP contribution in [0.25, 0.3) is 0 Å². The van der Waals surface area contributed by atoms with Crippen molar-refractivity contribution in [3.8, 4) is 0 Å². The number of sulfone groups is 1. The molecule has 1 aliphatic rings. The first-order valence-corrected chi connectivity index (χ1v) is 9.27. The van der Waals surface area contributed by atoms with Gasteiger partial charge in [0.15, 0.2) is 9.84 Å². The topological polar surface area (TPSA) is 46.2 Å². The Morgan fingerprint density at radius 2 is 1.85 bits per heavy atom. The third-order valence-electron chi connectivity index (χ3n) is 3.87. The van der Waals surface area contributed by atoms with E-state index in [0.717, 1.165) is 18.9 Å². The van der Waals surface area contributed by atoms with Crippen molar-refractivity contribution >= 4 is 9.84 Å². The van der Waals surface area contributed by atoms with E-state index < -0.39 is 9.84 Å². The van der Waals surface area contributed by atoms with Crippen LogP contribution >= 0.6 is 0 Å². The zero-order valence-electron chi connectivity index (χ0n) is 12.4. The number of rotatable bonds is 8. The lowest BCUT2D eigenvalue weighted by Gasteiger charge is -2.17. The van der Waals surface area contributed by atoms with E-state index in [-0.39, 0.29) is 5.75 Å². The largest absolute Gasteiger partial charge is 0.314 e. The molecule has 3 nitrogen and oxygen atoms in total. The summed E-state index contributed by atoms with van der Waals surface area (Å²) in [6.07, 6.45) is 4.29. The lowest BCUT2D eigenvalue weighted by molar-refractivity contribution is 0.472. The third kappa shape index (κ3) is 4.06. The van der Waals surface area contributed by atoms with E-state index in [1.165, 1.54) is 18.4 Å². The number of likely N-dealkylation sites (N-methyl/N-ethyl adjacent to an activating group) is 1. The van der Waals surface area contributed by atoms with Crippen LogP contribution in [0, 0.1) is 5.92 Å². The van der Waals surface area contributed by atoms with Gasteiger partial charge in [-0.15, -0.1) is 0 Å². The van der Waals surface area contributed by atoms with Gasteiger partial charge in [-0.05, 0) is 55.8 Å². The van der Waals surface area contributed by atoms with E-state index in [4.69, 9.17) is 0 Å². The summed E-state index contributed by atoms with van der Waals surface area (Å²) in [4.78, 5) is 0.453. The first kappa shape index (κ1) is 15.5. The second-order valence-corrected chi connectivity index (χ2v) is 7.78. The van der Waals surface area contributed by atoms with Gasteiger partial charge in [0.05, 0.1) is 10.6 Å². The first-order chi connectivity index (χ1) is 9.56. The number of hydrogen-bond acceptors (Lipinski definition) is 3. The Morgan fingerprint density at radius 3 is 2.35 bits per heavy atom. The van der Waals surface area contributed by atoms with Gasteiger partial charge < -0.3 is 5.32 Å². The highest BCUT2D eigenvalue weighted by Crippen LogP contribution is 2.34. The molecule has 1 unspecified atom stereocenters. The Balaban J connectivity index is 2.04. The molecule has 0 amide bonds. The van der Waals surface area contributed by atoms with Crippen molar-refractivity contribution in [3.63, 3.8) is 0 Å². The zero-order valence-corrected chi connectivity index (χ0v) is 13.2. The summed E-state index contributed by atoms with van der Waals surface area (Å²) in [5.41, 5.74) is 1.22. The highest BCUT2D eigenvalue weighted by atomic mass is 32.2. The molecule has 0 aliphatic heterocycles. The highest BCUT2D eigenvalue weighted by Gasteiger charge is 2.30. The van der Waals surface area contributed by atoms with Crippen LogP contribution in [0.5, 0.6) is 0 Å². The van der Waals surface area contributed by atoms with E-state index in [1.54, 1.807) is 12.1 Å². The summed E-state index contributed by atoms with van der Waals surface area (Å²) in [7, 11) is -3.09. The molecule has 0 saturated heterocycles. The van der Waals surface area contributed by atoms with Crippen LogP contribution in [-0.2, 0) is 16.3 Å². The van der Waals surface area contributed by atoms with Crippen LogP contribution in [0.15, 0.2) is 29.2 Å². The molecule has 1 aromatic carbocycles. The van der Waals surface area contributed by atoms with Crippen molar-refractivity contribution in [2.75, 3.05) is 12.3 Å². The molecule has 0 spiro atoms. The van der Waals surface area contributed by atoms with Crippen molar-refractivity contribution in [2.24, 2.45) is 5.92 Å². The molecule has 4 heteroatoms. The van der Waals surface area contributed by atoms with Crippen LogP contribution in [0.1, 0.15) is 38.7 Å². The van der Waals surface area contributed by atoms with Gasteiger partial charge in [-0.2, -0.15) is 0 Å². The van der Waals surface area contributed by atoms with E-state index in [1.807, 2.05) is 19.1 Å². The smallest absolute Gasteiger partial charge is 0.178 e. The fourth-order valence-corrected chi connectivity index (χ4v) is 3.96. The molecule has 1 atom stereocenters. The first-order valence-electron chi connectivity index (χ1n) is 7.62. The van der Waals surface area contributed by atoms with Gasteiger partial charge >= 0.3 is 0 Å². The predicted octanol–water partition coefficient (Wildman–Crippen LogP) is 2.80. The minimum absolute atomic E-state index is 0.231. The minimum atomic E-state index is -3.09. The monoisotopic (exact) mass is 295 g/mol. The normalized spacial score (nSPS) is 17.1. The lowest BCUT2D eigenvalue weighted by atomic mass is 10.0. The Labute approximate surface area is 122 Å². The van der Waals surface area contributed by atoms with Gasteiger partial charge in [0.1, 0.15) is 0 Å². The van der Waals surface area contributed by atoms with Crippen molar-refractivity contribution in [1.82, 2.24) is 5.32 Å². The molecule has 1 fully saturated rings. The summed E-state index contributed by atoms with van der Waals surface area (Å²) >= 11 is 0. The van der Waals surface area contributed by atoms with Gasteiger partial charge in [0.2, 0.25) is 0 Å². The summed E-state index contributed by atoms with van der Waals surface area (Å²) in [5, 5.41) is 3.54. The molecule has 1 aromatic rings. The maximum Gasteiger partial charge on any atom is 0.178 e. The maximum absolute atomic E-state index is 12.0. The zero-order chi connectivity index (χ0) is 14.6. The Kier molecular flexibility index (Phi) is 5.22. The Bertz CT molecular complexity index is 518. The number of nitrogens with one attached hydrogen (secondary N) is 1. The number of benzene rings is 1. The predicted molar refractivity (Wildman–Crippen MR) is 82.7 cm³/mol. The van der Waals surface area contributed by atoms with Crippen molar-refractivity contribution < 1.29 is 8.42 Å². The standard InChI is InChI=1S/C16H25NO2S/c1-3-11-20(18,19)15-9-5-13(6-10-15)12-16(17-4-2)14-7-8-14/h5-6,9-10,14,16-17H,3-4,7-8,11-12H2,1-2H3. The van der Waals surface area contributed by atoms with Crippen LogP contribution in [-0.4, -0.2) is 26.8 Å². The summed E-state index contributed by atoms with van der Waals surface area (Å²) in [6, 6.07) is 8.00. The van der Waals surface area contributed by atoms with E-state index in [0.29, 0.717) is 17.4 Å². The van der Waals surface area contributed by atoms with Crippen molar-refractivity contribution in [2.45, 2.75) is 50.5 Å². The minimum Gasteiger partial charge on any atom is -0.314 e. The Hall–Kier alpha value is -0.870. The van der Waals surface area contributed by atoms with Crippen LogP contribution < -0.4 is 5.32 Å². The molecule has 0 bridgehead atoms. The van der Waals surface area contributed by atoms with Gasteiger partial charge in [0.25, 0.3) is 0 Å². The highest BCUT2D eigenvalue weighted by molar-refractivity contribution is 7.91. The summed E-state index contributed by atoms with van der Waals surface area (Å²) in [6.45, 7) is 5.02. The second-order valence-electron chi connectivity index (χ2n) is 5.67. The average molecular weight is 295 g/mol. The van der Waals surface area contributed by atoms with Crippen LogP contribution in [0.3, 0.4) is 0 Å². The fraction of sp³-hybridized carbons (Fsp3) is 0.625. The van der Waals surface area contributed by atoms with Crippen molar-refractivity contribution in [1.29, 1.82) is 0 Å². The molecule has 2 rings (SSSR count). The SMILES string of the molecule is CCCS(=O)(=O)c1ccc(CC(NCC)C2CC2)cc1. The summed E-state index contributed by atoms with van der Waals surface area (Å²) < 4.78 is 23.9. The second kappa shape index (κ2) is 6.72. The molecule has 1 N–H and O–H groups in total. The van der Waals surface area contributed by atoms with Gasteiger partial charge in [-0.25, -0.2) is 8.42 Å². The van der Waals surface area contributed by atoms with Gasteiger partial charge in [-0.3, -0.25) is 0 Å². The molecule has 20 heavy (non-hydrogen) atoms. The van der Waals surface area contributed by atoms with E-state index in [9.17, 15) is 8.42 Å². The molecule has 0 aromatic heterocycles. The molecular weight excluding hydrogens is 270 g/mol. The average Bonchev–Trinajstić information content (AvgIpc) is 3.23. The molecule has 1 saturated carbocycles. The number of hydrogen-bond donors (Lipinski definition) is 1. The van der Waals surface area contributed by atoms with Crippen LogP contribution in [0.4, 0.5) is 0 Å². The quantitative estimate of drug-likeness (QED) is 0.802. The molecule has 0 heterocycles. The molecular formula is C16H25NO2S. The third-order valence-corrected chi connectivity index (χ3v) is 5.80. The van der Waals surface area contributed by atoms with Crippen LogP contribution in [0.2, 0.25) is 0 Å². The summed E-state index contributed by atoms with van der Waals surface area (Å²) in [5.74, 6) is 1.03. The lowest BCUT2D eigenvalue weighted by Crippen LogP contribution is -2.32. The molecule has 0 radical (unpaired) electrons. The van der Waals surface area contributed by atoms with E-state index in [2.05, 4.69) is 12.2 Å². The maximum atomic E-state index is 12.0. The molecule has 1 aliphatic carbocycles. The molecule has 112 valence electrons. The Morgan fingerprint density at radius 1 is 1.20 bits per heavy atom. The van der Waals surface area contributed by atoms with Gasteiger partial charge in [-0.1, -0.05) is 26.0 Å². The van der Waals surface area contributed by atoms with Gasteiger partial charge in [0, 0.05) is 6.04 Å².